The zero-order valence-corrected chi connectivity index (χ0v) is 20.4. The molecule has 1 N–H and O–H groups in total. The molecule has 0 fully saturated rings. The van der Waals surface area contributed by atoms with Crippen molar-refractivity contribution in [3.05, 3.63) is 99.8 Å². The van der Waals surface area contributed by atoms with Crippen molar-refractivity contribution in [2.75, 3.05) is 11.1 Å². The predicted octanol–water partition coefficient (Wildman–Crippen LogP) is 4.69. The van der Waals surface area contributed by atoms with Crippen LogP contribution in [0.4, 0.5) is 5.69 Å². The maximum absolute atomic E-state index is 13.3. The monoisotopic (exact) mass is 483 g/mol. The fourth-order valence-corrected chi connectivity index (χ4v) is 4.74. The average Bonchev–Trinajstić information content (AvgIpc) is 3.31. The molecule has 0 unspecified atom stereocenters. The minimum Gasteiger partial charge on any atom is -0.325 e. The van der Waals surface area contributed by atoms with Crippen molar-refractivity contribution >= 4 is 40.0 Å². The van der Waals surface area contributed by atoms with Gasteiger partial charge >= 0.3 is 0 Å². The van der Waals surface area contributed by atoms with Crippen LogP contribution in [0, 0.1) is 6.92 Å². The van der Waals surface area contributed by atoms with Gasteiger partial charge in [0.25, 0.3) is 5.56 Å². The molecule has 5 aromatic rings. The van der Waals surface area contributed by atoms with Crippen molar-refractivity contribution in [3.8, 4) is 0 Å². The molecule has 0 radical (unpaired) electrons. The number of thioether (sulfide) groups is 1. The normalized spacial score (nSPS) is 11.3. The van der Waals surface area contributed by atoms with Gasteiger partial charge in [-0.05, 0) is 48.7 Å². The highest BCUT2D eigenvalue weighted by molar-refractivity contribution is 7.99. The molecule has 0 aliphatic rings. The third-order valence-corrected chi connectivity index (χ3v) is 6.85. The molecule has 0 spiro atoms. The first-order valence-corrected chi connectivity index (χ1v) is 12.5. The molecule has 0 aliphatic carbocycles. The summed E-state index contributed by atoms with van der Waals surface area (Å²) in [6.45, 7) is 4.50. The summed E-state index contributed by atoms with van der Waals surface area (Å²) in [5, 5.41) is 12.8. The number of carbonyl (C=O) groups is 1. The topological polar surface area (TPSA) is 81.3 Å². The van der Waals surface area contributed by atoms with Crippen molar-refractivity contribution in [3.63, 3.8) is 0 Å². The SMILES string of the molecule is CCc1ccc(NC(=O)CSc2nnc3n(Cc4ccc(C)cc4)c(=O)c4ccccc4n23)cc1. The molecule has 5 rings (SSSR count). The smallest absolute Gasteiger partial charge is 0.263 e. The second kappa shape index (κ2) is 9.76. The van der Waals surface area contributed by atoms with Crippen LogP contribution in [-0.4, -0.2) is 30.8 Å². The van der Waals surface area contributed by atoms with Crippen LogP contribution in [0.1, 0.15) is 23.6 Å². The van der Waals surface area contributed by atoms with Gasteiger partial charge in [0.15, 0.2) is 5.16 Å². The van der Waals surface area contributed by atoms with E-state index >= 15 is 0 Å². The summed E-state index contributed by atoms with van der Waals surface area (Å²) >= 11 is 1.29. The van der Waals surface area contributed by atoms with E-state index in [-0.39, 0.29) is 17.2 Å². The summed E-state index contributed by atoms with van der Waals surface area (Å²) in [7, 11) is 0. The molecular weight excluding hydrogens is 458 g/mol. The number of hydrogen-bond acceptors (Lipinski definition) is 5. The van der Waals surface area contributed by atoms with Gasteiger partial charge in [0, 0.05) is 5.69 Å². The van der Waals surface area contributed by atoms with E-state index in [1.54, 1.807) is 4.57 Å². The van der Waals surface area contributed by atoms with Gasteiger partial charge in [-0.15, -0.1) is 10.2 Å². The number of hydrogen-bond donors (Lipinski definition) is 1. The van der Waals surface area contributed by atoms with E-state index < -0.39 is 0 Å². The number of nitrogens with zero attached hydrogens (tertiary/aromatic N) is 4. The van der Waals surface area contributed by atoms with Crippen molar-refractivity contribution in [1.29, 1.82) is 0 Å². The first-order chi connectivity index (χ1) is 17.0. The number of aromatic nitrogens is 4. The fourth-order valence-electron chi connectivity index (χ4n) is 4.00. The molecule has 0 aliphatic heterocycles. The van der Waals surface area contributed by atoms with E-state index in [0.717, 1.165) is 28.8 Å². The maximum Gasteiger partial charge on any atom is 0.263 e. The van der Waals surface area contributed by atoms with Gasteiger partial charge in [-0.2, -0.15) is 0 Å². The number of rotatable bonds is 7. The molecule has 1 amide bonds. The van der Waals surface area contributed by atoms with Crippen molar-refractivity contribution in [1.82, 2.24) is 19.2 Å². The third-order valence-electron chi connectivity index (χ3n) is 5.92. The molecule has 0 saturated carbocycles. The Morgan fingerprint density at radius 1 is 0.943 bits per heavy atom. The minimum atomic E-state index is -0.131. The number of benzene rings is 3. The van der Waals surface area contributed by atoms with E-state index in [4.69, 9.17) is 0 Å². The van der Waals surface area contributed by atoms with Crippen LogP contribution in [0.25, 0.3) is 16.7 Å². The summed E-state index contributed by atoms with van der Waals surface area (Å²) in [5.74, 6) is 0.488. The number of para-hydroxylation sites is 1. The molecule has 176 valence electrons. The van der Waals surface area contributed by atoms with Crippen LogP contribution in [0.3, 0.4) is 0 Å². The van der Waals surface area contributed by atoms with Gasteiger partial charge in [-0.3, -0.25) is 18.6 Å². The van der Waals surface area contributed by atoms with Gasteiger partial charge in [0.05, 0.1) is 23.2 Å². The van der Waals surface area contributed by atoms with Gasteiger partial charge in [-0.25, -0.2) is 0 Å². The Kier molecular flexibility index (Phi) is 6.37. The molecule has 0 saturated heterocycles. The zero-order chi connectivity index (χ0) is 24.4. The van der Waals surface area contributed by atoms with Gasteiger partial charge in [-0.1, -0.05) is 72.8 Å². The van der Waals surface area contributed by atoms with Crippen LogP contribution in [0.5, 0.6) is 0 Å². The number of fused-ring (bicyclic) bond motifs is 3. The average molecular weight is 484 g/mol. The number of nitrogens with one attached hydrogen (secondary N) is 1. The molecule has 0 bridgehead atoms. The first-order valence-electron chi connectivity index (χ1n) is 11.5. The van der Waals surface area contributed by atoms with Crippen LogP contribution < -0.4 is 10.9 Å². The lowest BCUT2D eigenvalue weighted by Crippen LogP contribution is -2.24. The predicted molar refractivity (Wildman–Crippen MR) is 140 cm³/mol. The lowest BCUT2D eigenvalue weighted by atomic mass is 10.1. The number of anilines is 1. The second-order valence-corrected chi connectivity index (χ2v) is 9.34. The Labute approximate surface area is 206 Å². The summed E-state index contributed by atoms with van der Waals surface area (Å²) in [6.07, 6.45) is 0.951. The number of aryl methyl sites for hydroxylation is 2. The van der Waals surface area contributed by atoms with E-state index in [1.807, 2.05) is 84.1 Å². The standard InChI is InChI=1S/C27H25N5O2S/c1-3-19-12-14-21(15-13-19)28-24(33)17-35-27-30-29-26-31(16-20-10-8-18(2)9-11-20)25(34)22-6-4-5-7-23(22)32(26)27/h4-15H,3,16-17H2,1-2H3,(H,28,33). The number of carbonyl (C=O) groups excluding carboxylic acids is 1. The molecule has 2 aromatic heterocycles. The van der Waals surface area contributed by atoms with Crippen molar-refractivity contribution < 1.29 is 4.79 Å². The third kappa shape index (κ3) is 4.70. The van der Waals surface area contributed by atoms with Crippen LogP contribution in [-0.2, 0) is 17.8 Å². The zero-order valence-electron chi connectivity index (χ0n) is 19.6. The summed E-state index contributed by atoms with van der Waals surface area (Å²) in [6, 6.07) is 23.3. The molecule has 35 heavy (non-hydrogen) atoms. The van der Waals surface area contributed by atoms with Gasteiger partial charge in [0.2, 0.25) is 11.7 Å². The van der Waals surface area contributed by atoms with E-state index in [0.29, 0.717) is 22.9 Å². The van der Waals surface area contributed by atoms with Crippen molar-refractivity contribution in [2.24, 2.45) is 0 Å². The Hall–Kier alpha value is -3.91. The second-order valence-electron chi connectivity index (χ2n) is 8.40. The molecule has 8 heteroatoms. The Balaban J connectivity index is 1.46. The Morgan fingerprint density at radius 3 is 2.40 bits per heavy atom. The highest BCUT2D eigenvalue weighted by Crippen LogP contribution is 2.22. The Morgan fingerprint density at radius 2 is 1.66 bits per heavy atom. The van der Waals surface area contributed by atoms with Gasteiger partial charge < -0.3 is 5.32 Å². The molecule has 7 nitrogen and oxygen atoms in total. The van der Waals surface area contributed by atoms with Gasteiger partial charge in [0.1, 0.15) is 0 Å². The minimum absolute atomic E-state index is 0.120. The maximum atomic E-state index is 13.3. The quantitative estimate of drug-likeness (QED) is 0.340. The summed E-state index contributed by atoms with van der Waals surface area (Å²) < 4.78 is 3.50. The lowest BCUT2D eigenvalue weighted by Gasteiger charge is -2.11. The molecule has 2 heterocycles. The van der Waals surface area contributed by atoms with Crippen LogP contribution in [0.2, 0.25) is 0 Å². The molecule has 3 aromatic carbocycles. The molecule has 0 atom stereocenters. The number of amides is 1. The van der Waals surface area contributed by atoms with E-state index in [9.17, 15) is 9.59 Å². The van der Waals surface area contributed by atoms with E-state index in [1.165, 1.54) is 17.3 Å². The lowest BCUT2D eigenvalue weighted by molar-refractivity contribution is -0.113. The first kappa shape index (κ1) is 22.9. The van der Waals surface area contributed by atoms with Crippen molar-refractivity contribution in [2.45, 2.75) is 32.0 Å². The highest BCUT2D eigenvalue weighted by atomic mass is 32.2. The summed E-state index contributed by atoms with van der Waals surface area (Å²) in [5.41, 5.74) is 4.74. The largest absolute Gasteiger partial charge is 0.325 e. The van der Waals surface area contributed by atoms with E-state index in [2.05, 4.69) is 22.4 Å². The summed E-state index contributed by atoms with van der Waals surface area (Å²) in [4.78, 5) is 26.0. The Bertz CT molecular complexity index is 1570. The molecular formula is C27H25N5O2S. The van der Waals surface area contributed by atoms with Crippen LogP contribution in [0.15, 0.2) is 82.7 Å². The highest BCUT2D eigenvalue weighted by Gasteiger charge is 2.18. The fraction of sp³-hybridized carbons (Fsp3) is 0.185. The van der Waals surface area contributed by atoms with Crippen LogP contribution >= 0.6 is 11.8 Å².